The number of nitrogens with one attached hydrogen (secondary N) is 2. The monoisotopic (exact) mass is 318 g/mol. The minimum atomic E-state index is -3.91. The van der Waals surface area contributed by atoms with E-state index in [1.807, 2.05) is 6.08 Å². The first kappa shape index (κ1) is 15.9. The summed E-state index contributed by atoms with van der Waals surface area (Å²) in [4.78, 5) is -0.292. The number of para-hydroxylation sites is 1. The van der Waals surface area contributed by atoms with E-state index in [1.54, 1.807) is 0 Å². The summed E-state index contributed by atoms with van der Waals surface area (Å²) >= 11 is 0. The highest BCUT2D eigenvalue weighted by Crippen LogP contribution is 2.24. The highest BCUT2D eigenvalue weighted by atomic mass is 32.2. The number of ether oxygens (including phenoxy) is 1. The number of rotatable bonds is 6. The third-order valence-corrected chi connectivity index (χ3v) is 4.44. The first-order valence-corrected chi connectivity index (χ1v) is 7.89. The Hall–Kier alpha value is -1.51. The highest BCUT2D eigenvalue weighted by Gasteiger charge is 2.21. The number of benzene rings is 1. The molecule has 1 aromatic rings. The molecular weight excluding hydrogens is 302 g/mol. The Balaban J connectivity index is 2.13. The molecule has 1 aliphatic heterocycles. The Labute approximate surface area is 122 Å². The third kappa shape index (κ3) is 4.48. The van der Waals surface area contributed by atoms with Gasteiger partial charge in [0.2, 0.25) is 10.0 Å². The average molecular weight is 318 g/mol. The number of hydrogen-bond acceptors (Lipinski definition) is 4. The molecule has 5 nitrogen and oxygen atoms in total. The summed E-state index contributed by atoms with van der Waals surface area (Å²) < 4.78 is 55.7. The Kier molecular flexibility index (Phi) is 5.27. The SMILES string of the molecule is O=S(=O)(NCC1=CCNCC1)c1ccccc1OC(F)F. The lowest BCUT2D eigenvalue weighted by Gasteiger charge is -2.16. The predicted molar refractivity (Wildman–Crippen MR) is 73.8 cm³/mol. The van der Waals surface area contributed by atoms with Crippen LogP contribution in [0, 0.1) is 0 Å². The van der Waals surface area contributed by atoms with E-state index in [4.69, 9.17) is 0 Å². The number of hydrogen-bond donors (Lipinski definition) is 2. The van der Waals surface area contributed by atoms with Gasteiger partial charge < -0.3 is 10.1 Å². The van der Waals surface area contributed by atoms with Crippen LogP contribution in [0.3, 0.4) is 0 Å². The van der Waals surface area contributed by atoms with Crippen LogP contribution < -0.4 is 14.8 Å². The van der Waals surface area contributed by atoms with Crippen LogP contribution in [0.1, 0.15) is 6.42 Å². The highest BCUT2D eigenvalue weighted by molar-refractivity contribution is 7.89. The summed E-state index contributed by atoms with van der Waals surface area (Å²) in [5.74, 6) is -0.362. The molecule has 1 aromatic carbocycles. The second-order valence-electron chi connectivity index (χ2n) is 4.47. The minimum absolute atomic E-state index is 0.160. The van der Waals surface area contributed by atoms with Gasteiger partial charge in [0.25, 0.3) is 0 Å². The summed E-state index contributed by atoms with van der Waals surface area (Å²) in [6, 6.07) is 5.32. The van der Waals surface area contributed by atoms with Gasteiger partial charge in [-0.15, -0.1) is 0 Å². The molecule has 0 saturated carbocycles. The number of alkyl halides is 2. The van der Waals surface area contributed by atoms with Crippen molar-refractivity contribution in [3.05, 3.63) is 35.9 Å². The largest absolute Gasteiger partial charge is 0.433 e. The van der Waals surface area contributed by atoms with Crippen LogP contribution in [0.25, 0.3) is 0 Å². The van der Waals surface area contributed by atoms with E-state index < -0.39 is 16.6 Å². The van der Waals surface area contributed by atoms with Gasteiger partial charge in [-0.2, -0.15) is 8.78 Å². The topological polar surface area (TPSA) is 67.4 Å². The van der Waals surface area contributed by atoms with Crippen molar-refractivity contribution in [1.82, 2.24) is 10.0 Å². The van der Waals surface area contributed by atoms with Crippen LogP contribution in [0.5, 0.6) is 5.75 Å². The van der Waals surface area contributed by atoms with Crippen LogP contribution in [0.15, 0.2) is 40.8 Å². The molecule has 0 aromatic heterocycles. The van der Waals surface area contributed by atoms with E-state index in [9.17, 15) is 17.2 Å². The molecule has 0 bridgehead atoms. The molecular formula is C13H16F2N2O3S. The summed E-state index contributed by atoms with van der Waals surface area (Å²) in [5.41, 5.74) is 0.963. The molecule has 1 heterocycles. The molecule has 0 unspecified atom stereocenters. The number of halogens is 2. The fourth-order valence-electron chi connectivity index (χ4n) is 1.96. The lowest BCUT2D eigenvalue weighted by molar-refractivity contribution is -0.0517. The second kappa shape index (κ2) is 6.97. The van der Waals surface area contributed by atoms with Crippen molar-refractivity contribution in [2.45, 2.75) is 17.9 Å². The van der Waals surface area contributed by atoms with Gasteiger partial charge in [0.15, 0.2) is 0 Å². The van der Waals surface area contributed by atoms with Crippen molar-refractivity contribution in [2.24, 2.45) is 0 Å². The standard InChI is InChI=1S/C13H16F2N2O3S/c14-13(15)20-11-3-1-2-4-12(11)21(18,19)17-9-10-5-7-16-8-6-10/h1-5,13,16-17H,6-9H2. The van der Waals surface area contributed by atoms with Crippen LogP contribution in [-0.2, 0) is 10.0 Å². The summed E-state index contributed by atoms with van der Waals surface area (Å²) in [6.45, 7) is -1.43. The molecule has 0 fully saturated rings. The van der Waals surface area contributed by atoms with Crippen molar-refractivity contribution in [3.63, 3.8) is 0 Å². The van der Waals surface area contributed by atoms with Crippen molar-refractivity contribution in [2.75, 3.05) is 19.6 Å². The van der Waals surface area contributed by atoms with Gasteiger partial charge in [-0.3, -0.25) is 0 Å². The first-order valence-electron chi connectivity index (χ1n) is 6.41. The van der Waals surface area contributed by atoms with E-state index in [0.29, 0.717) is 6.54 Å². The Morgan fingerprint density at radius 3 is 2.76 bits per heavy atom. The van der Waals surface area contributed by atoms with Crippen molar-refractivity contribution < 1.29 is 21.9 Å². The van der Waals surface area contributed by atoms with Gasteiger partial charge >= 0.3 is 6.61 Å². The summed E-state index contributed by atoms with van der Waals surface area (Å²) in [7, 11) is -3.91. The average Bonchev–Trinajstić information content (AvgIpc) is 2.46. The zero-order chi connectivity index (χ0) is 15.3. The first-order chi connectivity index (χ1) is 9.99. The summed E-state index contributed by atoms with van der Waals surface area (Å²) in [5, 5.41) is 3.12. The maximum atomic E-state index is 12.3. The Morgan fingerprint density at radius 2 is 2.10 bits per heavy atom. The fourth-order valence-corrected chi connectivity index (χ4v) is 3.13. The van der Waals surface area contributed by atoms with Crippen molar-refractivity contribution >= 4 is 10.0 Å². The van der Waals surface area contributed by atoms with Crippen molar-refractivity contribution in [3.8, 4) is 5.75 Å². The molecule has 2 rings (SSSR count). The third-order valence-electron chi connectivity index (χ3n) is 3.00. The zero-order valence-corrected chi connectivity index (χ0v) is 12.0. The van der Waals surface area contributed by atoms with Gasteiger partial charge in [-0.05, 0) is 25.1 Å². The van der Waals surface area contributed by atoms with Gasteiger partial charge in [0.05, 0.1) is 0 Å². The van der Waals surface area contributed by atoms with Gasteiger partial charge in [0, 0.05) is 13.1 Å². The van der Waals surface area contributed by atoms with Crippen LogP contribution >= 0.6 is 0 Å². The Morgan fingerprint density at radius 1 is 1.33 bits per heavy atom. The molecule has 0 aliphatic carbocycles. The maximum Gasteiger partial charge on any atom is 0.387 e. The van der Waals surface area contributed by atoms with Gasteiger partial charge in [-0.1, -0.05) is 23.8 Å². The molecule has 0 atom stereocenters. The lowest BCUT2D eigenvalue weighted by atomic mass is 10.1. The van der Waals surface area contributed by atoms with E-state index in [2.05, 4.69) is 14.8 Å². The normalized spacial score (nSPS) is 15.9. The molecule has 2 N–H and O–H groups in total. The molecule has 0 radical (unpaired) electrons. The molecule has 116 valence electrons. The van der Waals surface area contributed by atoms with E-state index in [-0.39, 0.29) is 17.2 Å². The van der Waals surface area contributed by atoms with E-state index in [0.717, 1.165) is 18.5 Å². The van der Waals surface area contributed by atoms with Crippen LogP contribution in [-0.4, -0.2) is 34.7 Å². The lowest BCUT2D eigenvalue weighted by Crippen LogP contribution is -2.30. The van der Waals surface area contributed by atoms with Crippen LogP contribution in [0.2, 0.25) is 0 Å². The maximum absolute atomic E-state index is 12.3. The fraction of sp³-hybridized carbons (Fsp3) is 0.385. The second-order valence-corrected chi connectivity index (χ2v) is 6.20. The Bertz CT molecular complexity index is 618. The molecule has 21 heavy (non-hydrogen) atoms. The van der Waals surface area contributed by atoms with Gasteiger partial charge in [-0.25, -0.2) is 13.1 Å². The molecule has 8 heteroatoms. The molecule has 0 spiro atoms. The van der Waals surface area contributed by atoms with E-state index >= 15 is 0 Å². The van der Waals surface area contributed by atoms with Crippen LogP contribution in [0.4, 0.5) is 8.78 Å². The smallest absolute Gasteiger partial charge is 0.387 e. The minimum Gasteiger partial charge on any atom is -0.433 e. The predicted octanol–water partition coefficient (Wildman–Crippen LogP) is 1.49. The quantitative estimate of drug-likeness (QED) is 0.780. The molecule has 0 amide bonds. The van der Waals surface area contributed by atoms with Gasteiger partial charge in [0.1, 0.15) is 10.6 Å². The van der Waals surface area contributed by atoms with Crippen molar-refractivity contribution in [1.29, 1.82) is 0 Å². The molecule has 1 aliphatic rings. The zero-order valence-electron chi connectivity index (χ0n) is 11.2. The van der Waals surface area contributed by atoms with E-state index in [1.165, 1.54) is 24.3 Å². The number of sulfonamides is 1. The molecule has 0 saturated heterocycles. The summed E-state index contributed by atoms with van der Waals surface area (Å²) in [6.07, 6.45) is 2.66.